The average molecular weight is 175 g/mol. The molecule has 0 heterocycles. The second-order valence-electron chi connectivity index (χ2n) is 1.78. The summed E-state index contributed by atoms with van der Waals surface area (Å²) < 4.78 is 0. The van der Waals surface area contributed by atoms with Gasteiger partial charge in [-0.2, -0.15) is 0 Å². The van der Waals surface area contributed by atoms with Crippen LogP contribution in [0.3, 0.4) is 0 Å². The summed E-state index contributed by atoms with van der Waals surface area (Å²) in [5.41, 5.74) is 3.21. The molecule has 3 N–H and O–H groups in total. The zero-order valence-corrected chi connectivity index (χ0v) is 6.78. The highest BCUT2D eigenvalue weighted by Crippen LogP contribution is 2.26. The molecule has 0 unspecified atom stereocenters. The lowest BCUT2D eigenvalue weighted by atomic mass is 10.3. The highest BCUT2D eigenvalue weighted by molar-refractivity contribution is 7.80. The normalized spacial score (nSPS) is 9.50. The molecule has 0 spiro atoms. The first kappa shape index (κ1) is 7.72. The van der Waals surface area contributed by atoms with Crippen molar-refractivity contribution in [3.63, 3.8) is 0 Å². The summed E-state index contributed by atoms with van der Waals surface area (Å²) in [6, 6.07) is 5.36. The largest absolute Gasteiger partial charge is 0.323 e. The summed E-state index contributed by atoms with van der Waals surface area (Å²) in [5.74, 6) is 5.16. The molecule has 2 nitrogen and oxygen atoms in total. The number of nitrogens with one attached hydrogen (secondary N) is 1. The molecule has 1 rings (SSSR count). The minimum atomic E-state index is 0.596. The first-order valence-electron chi connectivity index (χ1n) is 2.70. The van der Waals surface area contributed by atoms with Gasteiger partial charge in [0.05, 0.1) is 10.7 Å². The Bertz CT molecular complexity index is 239. The molecule has 1 aromatic carbocycles. The van der Waals surface area contributed by atoms with E-state index in [-0.39, 0.29) is 0 Å². The van der Waals surface area contributed by atoms with Crippen molar-refractivity contribution in [3.8, 4) is 0 Å². The fourth-order valence-corrected chi connectivity index (χ4v) is 1.02. The highest BCUT2D eigenvalue weighted by Gasteiger charge is 1.98. The summed E-state index contributed by atoms with van der Waals surface area (Å²) in [6.45, 7) is 0. The number of hydrazine groups is 1. The first-order chi connectivity index (χ1) is 4.75. The van der Waals surface area contributed by atoms with E-state index in [1.807, 2.05) is 0 Å². The number of nitrogen functional groups attached to an aromatic ring is 1. The van der Waals surface area contributed by atoms with Crippen molar-refractivity contribution in [1.82, 2.24) is 0 Å². The van der Waals surface area contributed by atoms with Crippen LogP contribution in [0, 0.1) is 0 Å². The van der Waals surface area contributed by atoms with E-state index in [0.29, 0.717) is 9.92 Å². The second kappa shape index (κ2) is 3.14. The van der Waals surface area contributed by atoms with E-state index in [1.54, 1.807) is 18.2 Å². The van der Waals surface area contributed by atoms with Gasteiger partial charge >= 0.3 is 0 Å². The molecule has 0 saturated carbocycles. The summed E-state index contributed by atoms with van der Waals surface area (Å²) in [5, 5.41) is 0.596. The molecule has 0 aliphatic carbocycles. The third-order valence-electron chi connectivity index (χ3n) is 1.14. The van der Waals surface area contributed by atoms with Gasteiger partial charge in [0.25, 0.3) is 0 Å². The summed E-state index contributed by atoms with van der Waals surface area (Å²) in [4.78, 5) is 0.673. The Morgan fingerprint density at radius 1 is 1.50 bits per heavy atom. The van der Waals surface area contributed by atoms with Crippen LogP contribution in [0.5, 0.6) is 0 Å². The van der Waals surface area contributed by atoms with Crippen LogP contribution >= 0.6 is 24.2 Å². The third kappa shape index (κ3) is 1.37. The molecular weight excluding hydrogens is 168 g/mol. The zero-order valence-electron chi connectivity index (χ0n) is 5.13. The van der Waals surface area contributed by atoms with E-state index < -0.39 is 0 Å². The Kier molecular flexibility index (Phi) is 2.43. The van der Waals surface area contributed by atoms with E-state index in [4.69, 9.17) is 17.4 Å². The number of anilines is 1. The van der Waals surface area contributed by atoms with E-state index in [9.17, 15) is 0 Å². The summed E-state index contributed by atoms with van der Waals surface area (Å²) in [7, 11) is 0. The Hall–Kier alpha value is -0.380. The van der Waals surface area contributed by atoms with Gasteiger partial charge in [-0.1, -0.05) is 17.7 Å². The molecule has 0 amide bonds. The van der Waals surface area contributed by atoms with Crippen molar-refractivity contribution in [2.24, 2.45) is 5.84 Å². The molecule has 4 heteroatoms. The van der Waals surface area contributed by atoms with Crippen LogP contribution in [0.2, 0.25) is 5.02 Å². The lowest BCUT2D eigenvalue weighted by Crippen LogP contribution is -2.07. The van der Waals surface area contributed by atoms with Gasteiger partial charge < -0.3 is 5.43 Å². The quantitative estimate of drug-likeness (QED) is 0.346. The lowest BCUT2D eigenvalue weighted by molar-refractivity contribution is 1.29. The third-order valence-corrected chi connectivity index (χ3v) is 2.07. The maximum absolute atomic E-state index is 5.72. The summed E-state index contributed by atoms with van der Waals surface area (Å²) >= 11 is 9.84. The zero-order chi connectivity index (χ0) is 7.56. The fourth-order valence-electron chi connectivity index (χ4n) is 0.632. The molecular formula is C6H7ClN2S. The van der Waals surface area contributed by atoms with Gasteiger partial charge in [0, 0.05) is 4.90 Å². The molecule has 1 aromatic rings. The van der Waals surface area contributed by atoms with E-state index in [2.05, 4.69) is 18.1 Å². The Balaban J connectivity index is 3.14. The number of hydrogen-bond donors (Lipinski definition) is 3. The van der Waals surface area contributed by atoms with Crippen molar-refractivity contribution in [1.29, 1.82) is 0 Å². The molecule has 0 atom stereocenters. The monoisotopic (exact) mass is 174 g/mol. The number of hydrogen-bond acceptors (Lipinski definition) is 3. The number of halogens is 1. The predicted octanol–water partition coefficient (Wildman–Crippen LogP) is 1.91. The SMILES string of the molecule is NNc1cccc(Cl)c1S. The molecule has 0 fully saturated rings. The van der Waals surface area contributed by atoms with Crippen LogP contribution in [0.4, 0.5) is 5.69 Å². The van der Waals surface area contributed by atoms with Gasteiger partial charge in [-0.3, -0.25) is 5.84 Å². The maximum Gasteiger partial charge on any atom is 0.0633 e. The van der Waals surface area contributed by atoms with E-state index in [1.165, 1.54) is 0 Å². The van der Waals surface area contributed by atoms with Crippen LogP contribution < -0.4 is 11.3 Å². The maximum atomic E-state index is 5.72. The molecule has 0 aromatic heterocycles. The first-order valence-corrected chi connectivity index (χ1v) is 3.52. The standard InChI is InChI=1S/C6H7ClN2S/c7-4-2-1-3-5(9-8)6(4)10/h1-3,9-10H,8H2. The molecule has 0 aliphatic heterocycles. The molecule has 54 valence electrons. The number of rotatable bonds is 1. The minimum Gasteiger partial charge on any atom is -0.323 e. The summed E-state index contributed by atoms with van der Waals surface area (Å²) in [6.07, 6.45) is 0. The van der Waals surface area contributed by atoms with Crippen molar-refractivity contribution < 1.29 is 0 Å². The van der Waals surface area contributed by atoms with Crippen LogP contribution in [0.25, 0.3) is 0 Å². The Morgan fingerprint density at radius 3 is 2.70 bits per heavy atom. The topological polar surface area (TPSA) is 38.0 Å². The highest BCUT2D eigenvalue weighted by atomic mass is 35.5. The molecule has 0 bridgehead atoms. The number of nitrogens with two attached hydrogens (primary N) is 1. The Morgan fingerprint density at radius 2 is 2.20 bits per heavy atom. The van der Waals surface area contributed by atoms with Crippen molar-refractivity contribution in [2.45, 2.75) is 4.90 Å². The van der Waals surface area contributed by atoms with Crippen LogP contribution in [-0.4, -0.2) is 0 Å². The van der Waals surface area contributed by atoms with Crippen LogP contribution in [-0.2, 0) is 0 Å². The van der Waals surface area contributed by atoms with E-state index in [0.717, 1.165) is 5.69 Å². The van der Waals surface area contributed by atoms with Crippen LogP contribution in [0.1, 0.15) is 0 Å². The van der Waals surface area contributed by atoms with E-state index >= 15 is 0 Å². The minimum absolute atomic E-state index is 0.596. The number of benzene rings is 1. The molecule has 0 saturated heterocycles. The average Bonchev–Trinajstić information content (AvgIpc) is 1.95. The van der Waals surface area contributed by atoms with Crippen LogP contribution in [0.15, 0.2) is 23.1 Å². The Labute approximate surface area is 69.7 Å². The van der Waals surface area contributed by atoms with Gasteiger partial charge in [-0.25, -0.2) is 0 Å². The fraction of sp³-hybridized carbons (Fsp3) is 0. The molecule has 0 radical (unpaired) electrons. The molecule has 10 heavy (non-hydrogen) atoms. The molecule has 0 aliphatic rings. The van der Waals surface area contributed by atoms with Gasteiger partial charge in [-0.05, 0) is 12.1 Å². The van der Waals surface area contributed by atoms with Gasteiger partial charge in [0.15, 0.2) is 0 Å². The number of thiol groups is 1. The smallest absolute Gasteiger partial charge is 0.0633 e. The van der Waals surface area contributed by atoms with Gasteiger partial charge in [0.2, 0.25) is 0 Å². The second-order valence-corrected chi connectivity index (χ2v) is 2.63. The lowest BCUT2D eigenvalue weighted by Gasteiger charge is -2.03. The van der Waals surface area contributed by atoms with Crippen molar-refractivity contribution in [2.75, 3.05) is 5.43 Å². The van der Waals surface area contributed by atoms with Crippen molar-refractivity contribution in [3.05, 3.63) is 23.2 Å². The van der Waals surface area contributed by atoms with Gasteiger partial charge in [0.1, 0.15) is 0 Å². The predicted molar refractivity (Wildman–Crippen MR) is 46.5 cm³/mol. The van der Waals surface area contributed by atoms with Crippen molar-refractivity contribution >= 4 is 29.9 Å². The van der Waals surface area contributed by atoms with Gasteiger partial charge in [-0.15, -0.1) is 12.6 Å².